The van der Waals surface area contributed by atoms with Gasteiger partial charge in [-0.3, -0.25) is 4.79 Å². The first-order valence-electron chi connectivity index (χ1n) is 5.01. The van der Waals surface area contributed by atoms with E-state index in [0.29, 0.717) is 12.8 Å². The van der Waals surface area contributed by atoms with Crippen LogP contribution in [0.2, 0.25) is 0 Å². The first-order valence-corrected chi connectivity index (χ1v) is 5.01. The number of halogens is 3. The van der Waals surface area contributed by atoms with E-state index in [9.17, 15) is 18.0 Å². The van der Waals surface area contributed by atoms with Crippen LogP contribution in [0.5, 0.6) is 0 Å². The van der Waals surface area contributed by atoms with Crippen LogP contribution in [0.1, 0.15) is 30.9 Å². The summed E-state index contributed by atoms with van der Waals surface area (Å²) < 4.78 is 37.0. The normalized spacial score (nSPS) is 19.4. The zero-order valence-electron chi connectivity index (χ0n) is 8.77. The Kier molecular flexibility index (Phi) is 2.33. The summed E-state index contributed by atoms with van der Waals surface area (Å²) in [4.78, 5) is 10.9. The molecule has 16 heavy (non-hydrogen) atoms. The lowest BCUT2D eigenvalue weighted by Gasteiger charge is -2.37. The summed E-state index contributed by atoms with van der Waals surface area (Å²) in [6.07, 6.45) is -3.44. The van der Waals surface area contributed by atoms with E-state index in [0.717, 1.165) is 17.7 Å². The molecule has 1 aromatic rings. The maximum Gasteiger partial charge on any atom is 0.416 e. The molecule has 0 unspecified atom stereocenters. The van der Waals surface area contributed by atoms with Crippen molar-refractivity contribution >= 4 is 5.78 Å². The predicted molar refractivity (Wildman–Crippen MR) is 53.0 cm³/mol. The molecule has 4 heteroatoms. The molecule has 0 radical (unpaired) electrons. The summed E-state index contributed by atoms with van der Waals surface area (Å²) in [5, 5.41) is 0. The monoisotopic (exact) mass is 228 g/mol. The van der Waals surface area contributed by atoms with E-state index in [-0.39, 0.29) is 11.2 Å². The van der Waals surface area contributed by atoms with Crippen molar-refractivity contribution in [1.82, 2.24) is 0 Å². The number of ketones is 1. The number of carbonyl (C=O) groups is 1. The number of benzene rings is 1. The van der Waals surface area contributed by atoms with Crippen molar-refractivity contribution in [1.29, 1.82) is 0 Å². The van der Waals surface area contributed by atoms with Crippen molar-refractivity contribution in [3.05, 3.63) is 35.4 Å². The minimum atomic E-state index is -4.30. The highest BCUT2D eigenvalue weighted by molar-refractivity contribution is 5.88. The van der Waals surface area contributed by atoms with Gasteiger partial charge in [0.05, 0.1) is 5.56 Å². The van der Waals surface area contributed by atoms with E-state index < -0.39 is 11.7 Å². The van der Waals surface area contributed by atoms with Gasteiger partial charge in [0.1, 0.15) is 5.78 Å². The van der Waals surface area contributed by atoms with Crippen molar-refractivity contribution in [3.63, 3.8) is 0 Å². The molecular weight excluding hydrogens is 217 g/mol. The van der Waals surface area contributed by atoms with E-state index in [1.807, 2.05) is 6.92 Å². The first kappa shape index (κ1) is 11.2. The second-order valence-electron chi connectivity index (χ2n) is 4.53. The third kappa shape index (κ3) is 1.84. The summed E-state index contributed by atoms with van der Waals surface area (Å²) in [6.45, 7) is 1.90. The number of hydrogen-bond acceptors (Lipinski definition) is 1. The van der Waals surface area contributed by atoms with Gasteiger partial charge in [-0.2, -0.15) is 13.2 Å². The fraction of sp³-hybridized carbons (Fsp3) is 0.417. The Bertz CT molecular complexity index is 409. The van der Waals surface area contributed by atoms with Gasteiger partial charge in [0.15, 0.2) is 0 Å². The highest BCUT2D eigenvalue weighted by Gasteiger charge is 2.40. The number of carbonyl (C=O) groups excluding carboxylic acids is 1. The third-order valence-corrected chi connectivity index (χ3v) is 3.08. The van der Waals surface area contributed by atoms with E-state index >= 15 is 0 Å². The Morgan fingerprint density at radius 1 is 1.12 bits per heavy atom. The maximum atomic E-state index is 12.3. The minimum absolute atomic E-state index is 0.169. The van der Waals surface area contributed by atoms with E-state index in [2.05, 4.69) is 0 Å². The number of hydrogen-bond donors (Lipinski definition) is 0. The van der Waals surface area contributed by atoms with Gasteiger partial charge in [0.25, 0.3) is 0 Å². The van der Waals surface area contributed by atoms with E-state index in [1.54, 1.807) is 0 Å². The first-order chi connectivity index (χ1) is 7.31. The molecule has 2 rings (SSSR count). The number of rotatable bonds is 1. The van der Waals surface area contributed by atoms with Crippen molar-refractivity contribution in [2.24, 2.45) is 0 Å². The van der Waals surface area contributed by atoms with Crippen LogP contribution in [0.15, 0.2) is 24.3 Å². The molecule has 0 aliphatic heterocycles. The van der Waals surface area contributed by atoms with E-state index in [1.165, 1.54) is 12.1 Å². The van der Waals surface area contributed by atoms with Gasteiger partial charge in [-0.05, 0) is 17.7 Å². The second kappa shape index (κ2) is 3.34. The van der Waals surface area contributed by atoms with Gasteiger partial charge < -0.3 is 0 Å². The maximum absolute atomic E-state index is 12.3. The van der Waals surface area contributed by atoms with Crippen LogP contribution < -0.4 is 0 Å². The van der Waals surface area contributed by atoms with Crippen LogP contribution in [-0.2, 0) is 16.4 Å². The van der Waals surface area contributed by atoms with Crippen LogP contribution >= 0.6 is 0 Å². The van der Waals surface area contributed by atoms with Crippen molar-refractivity contribution in [2.75, 3.05) is 0 Å². The zero-order chi connectivity index (χ0) is 12.0. The fourth-order valence-corrected chi connectivity index (χ4v) is 2.08. The predicted octanol–water partition coefficient (Wildman–Crippen LogP) is 3.33. The number of alkyl halides is 3. The molecule has 0 spiro atoms. The van der Waals surface area contributed by atoms with E-state index in [4.69, 9.17) is 0 Å². The molecule has 86 valence electrons. The SMILES string of the molecule is CC1(c2ccc(C(F)(F)F)cc2)CC(=O)C1. The Morgan fingerprint density at radius 3 is 2.00 bits per heavy atom. The molecule has 0 amide bonds. The standard InChI is InChI=1S/C12H11F3O/c1-11(6-10(16)7-11)8-2-4-9(5-3-8)12(13,14)15/h2-5H,6-7H2,1H3. The molecule has 1 aliphatic carbocycles. The Morgan fingerprint density at radius 2 is 1.62 bits per heavy atom. The van der Waals surface area contributed by atoms with Crippen LogP contribution in [0.25, 0.3) is 0 Å². The molecule has 1 saturated carbocycles. The Balaban J connectivity index is 2.24. The smallest absolute Gasteiger partial charge is 0.300 e. The van der Waals surface area contributed by atoms with Crippen molar-refractivity contribution in [3.8, 4) is 0 Å². The number of Topliss-reactive ketones (excluding diaryl/α,β-unsaturated/α-hetero) is 1. The molecule has 1 fully saturated rings. The summed E-state index contributed by atoms with van der Waals surface area (Å²) in [5.74, 6) is 0.169. The van der Waals surface area contributed by atoms with Crippen molar-refractivity contribution in [2.45, 2.75) is 31.4 Å². The molecule has 1 aliphatic rings. The van der Waals surface area contributed by atoms with Gasteiger partial charge in [0, 0.05) is 18.3 Å². The fourth-order valence-electron chi connectivity index (χ4n) is 2.08. The van der Waals surface area contributed by atoms with Gasteiger partial charge in [0.2, 0.25) is 0 Å². The average molecular weight is 228 g/mol. The third-order valence-electron chi connectivity index (χ3n) is 3.08. The largest absolute Gasteiger partial charge is 0.416 e. The van der Waals surface area contributed by atoms with Gasteiger partial charge in [-0.1, -0.05) is 19.1 Å². The lowest BCUT2D eigenvalue weighted by atomic mass is 9.65. The lowest BCUT2D eigenvalue weighted by Crippen LogP contribution is -2.38. The molecule has 0 N–H and O–H groups in total. The molecule has 0 atom stereocenters. The molecule has 0 bridgehead atoms. The van der Waals surface area contributed by atoms with Crippen molar-refractivity contribution < 1.29 is 18.0 Å². The molecular formula is C12H11F3O. The molecule has 0 heterocycles. The molecule has 1 nitrogen and oxygen atoms in total. The van der Waals surface area contributed by atoms with Crippen LogP contribution in [-0.4, -0.2) is 5.78 Å². The van der Waals surface area contributed by atoms with Crippen LogP contribution in [0, 0.1) is 0 Å². The van der Waals surface area contributed by atoms with Gasteiger partial charge in [-0.15, -0.1) is 0 Å². The summed E-state index contributed by atoms with van der Waals surface area (Å²) >= 11 is 0. The second-order valence-corrected chi connectivity index (χ2v) is 4.53. The van der Waals surface area contributed by atoms with Crippen LogP contribution in [0.3, 0.4) is 0 Å². The minimum Gasteiger partial charge on any atom is -0.300 e. The molecule has 1 aromatic carbocycles. The summed E-state index contributed by atoms with van der Waals surface area (Å²) in [7, 11) is 0. The topological polar surface area (TPSA) is 17.1 Å². The Hall–Kier alpha value is -1.32. The van der Waals surface area contributed by atoms with Gasteiger partial charge in [-0.25, -0.2) is 0 Å². The zero-order valence-corrected chi connectivity index (χ0v) is 8.77. The lowest BCUT2D eigenvalue weighted by molar-refractivity contribution is -0.137. The average Bonchev–Trinajstić information content (AvgIpc) is 2.14. The summed E-state index contributed by atoms with van der Waals surface area (Å²) in [6, 6.07) is 5.08. The molecule has 0 aromatic heterocycles. The summed E-state index contributed by atoms with van der Waals surface area (Å²) in [5.41, 5.74) is -0.105. The van der Waals surface area contributed by atoms with Crippen LogP contribution in [0.4, 0.5) is 13.2 Å². The highest BCUT2D eigenvalue weighted by Crippen LogP contribution is 2.41. The highest BCUT2D eigenvalue weighted by atomic mass is 19.4. The Labute approximate surface area is 91.3 Å². The van der Waals surface area contributed by atoms with Gasteiger partial charge >= 0.3 is 6.18 Å². The molecule has 0 saturated heterocycles. The quantitative estimate of drug-likeness (QED) is 0.720.